The van der Waals surface area contributed by atoms with Crippen LogP contribution in [0.1, 0.15) is 27.4 Å². The third-order valence-corrected chi connectivity index (χ3v) is 5.02. The van der Waals surface area contributed by atoms with E-state index in [4.69, 9.17) is 0 Å². The molecule has 0 atom stereocenters. The number of aryl methyl sites for hydroxylation is 1. The number of anilines is 1. The Morgan fingerprint density at radius 1 is 1.14 bits per heavy atom. The Kier molecular flexibility index (Phi) is 5.72. The average Bonchev–Trinajstić information content (AvgIpc) is 2.87. The van der Waals surface area contributed by atoms with Gasteiger partial charge in [-0.2, -0.15) is 0 Å². The molecule has 1 aromatic carbocycles. The number of carbonyl (C=O) groups is 2. The summed E-state index contributed by atoms with van der Waals surface area (Å²) in [6.45, 7) is 1.96. The van der Waals surface area contributed by atoms with E-state index in [0.717, 1.165) is 13.8 Å². The number of nitrogens with one attached hydrogen (secondary N) is 1. The van der Waals surface area contributed by atoms with E-state index in [2.05, 4.69) is 37.2 Å². The standard InChI is InChI=1S/C15H13Br2NO2S/c1-9-2-6-14(21-9)13(19)5-7-15(20)18-12-8-10(16)3-4-11(12)17/h2-4,6,8H,5,7H2,1H3,(H,18,20). The molecule has 1 amide bonds. The molecule has 21 heavy (non-hydrogen) atoms. The zero-order chi connectivity index (χ0) is 15.4. The van der Waals surface area contributed by atoms with Crippen molar-refractivity contribution in [2.24, 2.45) is 0 Å². The van der Waals surface area contributed by atoms with E-state index in [0.29, 0.717) is 10.6 Å². The Balaban J connectivity index is 1.90. The highest BCUT2D eigenvalue weighted by Gasteiger charge is 2.12. The summed E-state index contributed by atoms with van der Waals surface area (Å²) in [5, 5.41) is 2.80. The SMILES string of the molecule is Cc1ccc(C(=O)CCC(=O)Nc2cc(Br)ccc2Br)s1. The molecule has 0 aliphatic heterocycles. The Bertz CT molecular complexity index is 682. The molecule has 0 bridgehead atoms. The summed E-state index contributed by atoms with van der Waals surface area (Å²) >= 11 is 8.20. The summed E-state index contributed by atoms with van der Waals surface area (Å²) in [5.41, 5.74) is 0.689. The number of hydrogen-bond acceptors (Lipinski definition) is 3. The maximum Gasteiger partial charge on any atom is 0.224 e. The normalized spacial score (nSPS) is 10.4. The highest BCUT2D eigenvalue weighted by Crippen LogP contribution is 2.26. The van der Waals surface area contributed by atoms with Crippen molar-refractivity contribution in [1.29, 1.82) is 0 Å². The zero-order valence-corrected chi connectivity index (χ0v) is 15.3. The number of amides is 1. The first kappa shape index (κ1) is 16.4. The Morgan fingerprint density at radius 2 is 1.90 bits per heavy atom. The van der Waals surface area contributed by atoms with E-state index >= 15 is 0 Å². The maximum atomic E-state index is 11.9. The van der Waals surface area contributed by atoms with Crippen LogP contribution in [-0.2, 0) is 4.79 Å². The number of carbonyl (C=O) groups excluding carboxylic acids is 2. The third kappa shape index (κ3) is 4.76. The monoisotopic (exact) mass is 429 g/mol. The van der Waals surface area contributed by atoms with Crippen LogP contribution in [0.4, 0.5) is 5.69 Å². The number of benzene rings is 1. The van der Waals surface area contributed by atoms with E-state index in [1.807, 2.05) is 37.3 Å². The highest BCUT2D eigenvalue weighted by atomic mass is 79.9. The maximum absolute atomic E-state index is 11.9. The summed E-state index contributed by atoms with van der Waals surface area (Å²) in [5.74, 6) is -0.160. The van der Waals surface area contributed by atoms with Gasteiger partial charge in [0, 0.05) is 26.7 Å². The predicted octanol–water partition coefficient (Wildman–Crippen LogP) is 5.18. The molecule has 0 radical (unpaired) electrons. The largest absolute Gasteiger partial charge is 0.325 e. The molecule has 2 aromatic rings. The second kappa shape index (κ2) is 7.33. The molecule has 0 aliphatic carbocycles. The molecule has 6 heteroatoms. The molecular formula is C15H13Br2NO2S. The van der Waals surface area contributed by atoms with Crippen LogP contribution < -0.4 is 5.32 Å². The third-order valence-electron chi connectivity index (χ3n) is 2.80. The quantitative estimate of drug-likeness (QED) is 0.664. The molecule has 0 saturated carbocycles. The number of hydrogen-bond donors (Lipinski definition) is 1. The fraction of sp³-hybridized carbons (Fsp3) is 0.200. The Morgan fingerprint density at radius 3 is 2.57 bits per heavy atom. The minimum Gasteiger partial charge on any atom is -0.325 e. The molecule has 0 aliphatic rings. The zero-order valence-electron chi connectivity index (χ0n) is 11.3. The topological polar surface area (TPSA) is 46.2 Å². The summed E-state index contributed by atoms with van der Waals surface area (Å²) in [6.07, 6.45) is 0.395. The molecule has 0 saturated heterocycles. The van der Waals surface area contributed by atoms with Gasteiger partial charge in [0.15, 0.2) is 5.78 Å². The van der Waals surface area contributed by atoms with Crippen LogP contribution in [0, 0.1) is 6.92 Å². The van der Waals surface area contributed by atoms with Gasteiger partial charge in [-0.05, 0) is 53.2 Å². The van der Waals surface area contributed by atoms with Crippen molar-refractivity contribution >= 4 is 60.6 Å². The fourth-order valence-electron chi connectivity index (χ4n) is 1.74. The molecule has 0 spiro atoms. The van der Waals surface area contributed by atoms with Crippen molar-refractivity contribution in [3.63, 3.8) is 0 Å². The van der Waals surface area contributed by atoms with Crippen LogP contribution in [-0.4, -0.2) is 11.7 Å². The first-order chi connectivity index (χ1) is 9.95. The highest BCUT2D eigenvalue weighted by molar-refractivity contribution is 9.11. The molecule has 110 valence electrons. The number of rotatable bonds is 5. The van der Waals surface area contributed by atoms with E-state index in [-0.39, 0.29) is 24.5 Å². The van der Waals surface area contributed by atoms with Gasteiger partial charge < -0.3 is 5.32 Å². The molecule has 1 heterocycles. The second-order valence-corrected chi connectivity index (χ2v) is 7.56. The van der Waals surface area contributed by atoms with Gasteiger partial charge in [0.05, 0.1) is 10.6 Å². The lowest BCUT2D eigenvalue weighted by atomic mass is 10.2. The van der Waals surface area contributed by atoms with Crippen molar-refractivity contribution in [3.05, 3.63) is 49.0 Å². The van der Waals surface area contributed by atoms with Crippen LogP contribution >= 0.6 is 43.2 Å². The van der Waals surface area contributed by atoms with Crippen LogP contribution in [0.15, 0.2) is 39.3 Å². The summed E-state index contributed by atoms with van der Waals surface area (Å²) in [6, 6.07) is 9.26. The molecule has 1 aromatic heterocycles. The van der Waals surface area contributed by atoms with Gasteiger partial charge in [-0.25, -0.2) is 0 Å². The van der Waals surface area contributed by atoms with Gasteiger partial charge in [0.2, 0.25) is 5.91 Å². The van der Waals surface area contributed by atoms with Crippen LogP contribution in [0.2, 0.25) is 0 Å². The summed E-state index contributed by atoms with van der Waals surface area (Å²) in [7, 11) is 0. The van der Waals surface area contributed by atoms with Gasteiger partial charge >= 0.3 is 0 Å². The molecular weight excluding hydrogens is 418 g/mol. The lowest BCUT2D eigenvalue weighted by Gasteiger charge is -2.07. The van der Waals surface area contributed by atoms with Gasteiger partial charge in [0.1, 0.15) is 0 Å². The van der Waals surface area contributed by atoms with Gasteiger partial charge in [-0.3, -0.25) is 9.59 Å². The molecule has 3 nitrogen and oxygen atoms in total. The molecule has 0 unspecified atom stereocenters. The fourth-order valence-corrected chi connectivity index (χ4v) is 3.28. The number of halogens is 2. The predicted molar refractivity (Wildman–Crippen MR) is 93.1 cm³/mol. The first-order valence-electron chi connectivity index (χ1n) is 6.30. The van der Waals surface area contributed by atoms with E-state index in [9.17, 15) is 9.59 Å². The van der Waals surface area contributed by atoms with Gasteiger partial charge in [0.25, 0.3) is 0 Å². The first-order valence-corrected chi connectivity index (χ1v) is 8.70. The van der Waals surface area contributed by atoms with Crippen molar-refractivity contribution in [1.82, 2.24) is 0 Å². The smallest absolute Gasteiger partial charge is 0.224 e. The second-order valence-electron chi connectivity index (χ2n) is 4.51. The minimum atomic E-state index is -0.171. The molecule has 0 fully saturated rings. The van der Waals surface area contributed by atoms with Gasteiger partial charge in [-0.1, -0.05) is 15.9 Å². The molecule has 1 N–H and O–H groups in total. The number of Topliss-reactive ketones (excluding diaryl/α,β-unsaturated/α-hetero) is 1. The molecule has 2 rings (SSSR count). The van der Waals surface area contributed by atoms with Crippen molar-refractivity contribution < 1.29 is 9.59 Å². The van der Waals surface area contributed by atoms with E-state index in [1.165, 1.54) is 11.3 Å². The summed E-state index contributed by atoms with van der Waals surface area (Å²) < 4.78 is 1.69. The number of thiophene rings is 1. The van der Waals surface area contributed by atoms with E-state index < -0.39 is 0 Å². The van der Waals surface area contributed by atoms with Crippen LogP contribution in [0.25, 0.3) is 0 Å². The average molecular weight is 431 g/mol. The van der Waals surface area contributed by atoms with Crippen LogP contribution in [0.3, 0.4) is 0 Å². The Labute approximate surface area is 144 Å². The number of ketones is 1. The minimum absolute atomic E-state index is 0.0107. The van der Waals surface area contributed by atoms with Crippen molar-refractivity contribution in [3.8, 4) is 0 Å². The Hall–Kier alpha value is -0.980. The van der Waals surface area contributed by atoms with E-state index in [1.54, 1.807) is 0 Å². The van der Waals surface area contributed by atoms with Crippen molar-refractivity contribution in [2.45, 2.75) is 19.8 Å². The van der Waals surface area contributed by atoms with Gasteiger partial charge in [-0.15, -0.1) is 11.3 Å². The lowest BCUT2D eigenvalue weighted by molar-refractivity contribution is -0.116. The lowest BCUT2D eigenvalue weighted by Crippen LogP contribution is -2.13. The van der Waals surface area contributed by atoms with Crippen LogP contribution in [0.5, 0.6) is 0 Å². The van der Waals surface area contributed by atoms with Crippen molar-refractivity contribution in [2.75, 3.05) is 5.32 Å². The summed E-state index contributed by atoms with van der Waals surface area (Å²) in [4.78, 5) is 25.7.